The van der Waals surface area contributed by atoms with Gasteiger partial charge in [0.25, 0.3) is 5.60 Å². The molecule has 0 aromatic rings. The molecular formula is C7H5F7O. The molecule has 0 rings (SSSR count). The number of hydrogen-bond acceptors (Lipinski definition) is 1. The van der Waals surface area contributed by atoms with Crippen LogP contribution < -0.4 is 0 Å². The van der Waals surface area contributed by atoms with Gasteiger partial charge in [0.1, 0.15) is 13.3 Å². The minimum atomic E-state index is -5.92. The summed E-state index contributed by atoms with van der Waals surface area (Å²) in [5, 5.41) is 0. The summed E-state index contributed by atoms with van der Waals surface area (Å²) < 4.78 is 87.6. The zero-order valence-corrected chi connectivity index (χ0v) is 7.05. The first-order valence-electron chi connectivity index (χ1n) is 3.39. The van der Waals surface area contributed by atoms with E-state index in [-0.39, 0.29) is 0 Å². The summed E-state index contributed by atoms with van der Waals surface area (Å²) >= 11 is 0. The zero-order valence-electron chi connectivity index (χ0n) is 7.05. The lowest BCUT2D eigenvalue weighted by Gasteiger charge is -2.33. The Morgan fingerprint density at radius 3 is 1.60 bits per heavy atom. The van der Waals surface area contributed by atoms with Crippen molar-refractivity contribution in [2.75, 3.05) is 13.3 Å². The summed E-state index contributed by atoms with van der Waals surface area (Å²) in [6, 6.07) is 0. The highest BCUT2D eigenvalue weighted by Gasteiger charge is 2.72. The molecule has 0 atom stereocenters. The standard InChI is InChI=1S/C7H5F7O/c1-2-3-15-5(4-8,6(9,10)11)7(12,13)14/h1H,3-4H2. The van der Waals surface area contributed by atoms with Crippen LogP contribution in [-0.2, 0) is 4.74 Å². The summed E-state index contributed by atoms with van der Waals surface area (Å²) in [7, 11) is 0. The molecule has 0 aliphatic heterocycles. The molecule has 0 aliphatic rings. The molecule has 88 valence electrons. The Hall–Kier alpha value is -0.970. The van der Waals surface area contributed by atoms with Crippen LogP contribution in [0.5, 0.6) is 0 Å². The molecule has 0 heterocycles. The first-order valence-corrected chi connectivity index (χ1v) is 3.39. The highest BCUT2D eigenvalue weighted by Crippen LogP contribution is 2.46. The molecular weight excluding hydrogens is 233 g/mol. The van der Waals surface area contributed by atoms with Crippen LogP contribution in [0.3, 0.4) is 0 Å². The summed E-state index contributed by atoms with van der Waals surface area (Å²) in [5.74, 6) is 1.41. The van der Waals surface area contributed by atoms with Crippen LogP contribution in [0.4, 0.5) is 30.7 Å². The lowest BCUT2D eigenvalue weighted by molar-refractivity contribution is -0.381. The van der Waals surface area contributed by atoms with Gasteiger partial charge in [0.15, 0.2) is 0 Å². The molecule has 0 N–H and O–H groups in total. The minimum absolute atomic E-state index is 1.29. The van der Waals surface area contributed by atoms with Gasteiger partial charge in [-0.05, 0) is 0 Å². The molecule has 15 heavy (non-hydrogen) atoms. The van der Waals surface area contributed by atoms with Crippen molar-refractivity contribution in [3.63, 3.8) is 0 Å². The van der Waals surface area contributed by atoms with E-state index in [1.54, 1.807) is 0 Å². The molecule has 0 amide bonds. The predicted molar refractivity (Wildman–Crippen MR) is 35.6 cm³/mol. The van der Waals surface area contributed by atoms with E-state index in [0.29, 0.717) is 0 Å². The Bertz CT molecular complexity index is 232. The van der Waals surface area contributed by atoms with E-state index in [2.05, 4.69) is 11.2 Å². The first-order chi connectivity index (χ1) is 6.62. The maximum absolute atomic E-state index is 12.0. The van der Waals surface area contributed by atoms with Gasteiger partial charge in [-0.1, -0.05) is 5.92 Å². The number of hydrogen-bond donors (Lipinski definition) is 0. The Balaban J connectivity index is 5.24. The second kappa shape index (κ2) is 4.26. The van der Waals surface area contributed by atoms with E-state index in [1.165, 1.54) is 5.92 Å². The van der Waals surface area contributed by atoms with Crippen LogP contribution >= 0.6 is 0 Å². The smallest absolute Gasteiger partial charge is 0.343 e. The van der Waals surface area contributed by atoms with Gasteiger partial charge in [-0.3, -0.25) is 0 Å². The normalized spacial score (nSPS) is 13.7. The molecule has 0 aromatic heterocycles. The Labute approximate surface area is 80.2 Å². The fraction of sp³-hybridized carbons (Fsp3) is 0.714. The number of terminal acetylenes is 1. The monoisotopic (exact) mass is 238 g/mol. The van der Waals surface area contributed by atoms with E-state index in [0.717, 1.165) is 0 Å². The van der Waals surface area contributed by atoms with Crippen LogP contribution in [0.1, 0.15) is 0 Å². The molecule has 0 bridgehead atoms. The van der Waals surface area contributed by atoms with Crippen molar-refractivity contribution in [3.05, 3.63) is 0 Å². The molecule has 0 saturated carbocycles. The molecule has 8 heteroatoms. The molecule has 0 spiro atoms. The van der Waals surface area contributed by atoms with Crippen molar-refractivity contribution in [1.29, 1.82) is 0 Å². The average molecular weight is 238 g/mol. The van der Waals surface area contributed by atoms with Gasteiger partial charge in [-0.25, -0.2) is 4.39 Å². The van der Waals surface area contributed by atoms with Gasteiger partial charge in [0.05, 0.1) is 0 Å². The summed E-state index contributed by atoms with van der Waals surface area (Å²) in [5.41, 5.74) is -4.84. The number of alkyl halides is 7. The highest BCUT2D eigenvalue weighted by molar-refractivity contribution is 4.98. The number of ether oxygens (including phenoxy) is 1. The van der Waals surface area contributed by atoms with Crippen molar-refractivity contribution >= 4 is 0 Å². The molecule has 0 saturated heterocycles. The molecule has 0 aromatic carbocycles. The Morgan fingerprint density at radius 2 is 1.40 bits per heavy atom. The van der Waals surface area contributed by atoms with E-state index in [1.807, 2.05) is 0 Å². The van der Waals surface area contributed by atoms with E-state index in [9.17, 15) is 30.7 Å². The fourth-order valence-electron chi connectivity index (χ4n) is 0.679. The predicted octanol–water partition coefficient (Wildman–Crippen LogP) is 2.47. The second-order valence-corrected chi connectivity index (χ2v) is 2.45. The highest BCUT2D eigenvalue weighted by atomic mass is 19.4. The van der Waals surface area contributed by atoms with Crippen molar-refractivity contribution in [2.24, 2.45) is 0 Å². The summed E-state index contributed by atoms with van der Waals surface area (Å²) in [6.45, 7) is -4.06. The molecule has 0 fully saturated rings. The molecule has 0 aliphatic carbocycles. The summed E-state index contributed by atoms with van der Waals surface area (Å²) in [6.07, 6.45) is -7.39. The SMILES string of the molecule is C#CCOC(CF)(C(F)(F)F)C(F)(F)F. The van der Waals surface area contributed by atoms with Crippen molar-refractivity contribution in [2.45, 2.75) is 18.0 Å². The van der Waals surface area contributed by atoms with Gasteiger partial charge in [0.2, 0.25) is 0 Å². The van der Waals surface area contributed by atoms with Gasteiger partial charge < -0.3 is 4.74 Å². The number of rotatable bonds is 3. The van der Waals surface area contributed by atoms with Gasteiger partial charge in [0, 0.05) is 0 Å². The minimum Gasteiger partial charge on any atom is -0.343 e. The van der Waals surface area contributed by atoms with Crippen LogP contribution in [0.2, 0.25) is 0 Å². The second-order valence-electron chi connectivity index (χ2n) is 2.45. The Morgan fingerprint density at radius 1 is 1.00 bits per heavy atom. The third-order valence-electron chi connectivity index (χ3n) is 1.51. The van der Waals surface area contributed by atoms with Crippen LogP contribution in [0, 0.1) is 12.3 Å². The van der Waals surface area contributed by atoms with Crippen LogP contribution in [0.15, 0.2) is 0 Å². The van der Waals surface area contributed by atoms with E-state index >= 15 is 0 Å². The average Bonchev–Trinajstić information content (AvgIpc) is 2.01. The van der Waals surface area contributed by atoms with Gasteiger partial charge in [-0.15, -0.1) is 6.42 Å². The lowest BCUT2D eigenvalue weighted by Crippen LogP contribution is -2.60. The maximum Gasteiger partial charge on any atom is 0.429 e. The molecule has 1 nitrogen and oxygen atoms in total. The summed E-state index contributed by atoms with van der Waals surface area (Å²) in [4.78, 5) is 0. The first kappa shape index (κ1) is 14.0. The van der Waals surface area contributed by atoms with Gasteiger partial charge >= 0.3 is 12.4 Å². The third kappa shape index (κ3) is 2.53. The van der Waals surface area contributed by atoms with E-state index in [4.69, 9.17) is 0 Å². The van der Waals surface area contributed by atoms with Crippen LogP contribution in [-0.4, -0.2) is 31.2 Å². The zero-order chi connectivity index (χ0) is 12.3. The quantitative estimate of drug-likeness (QED) is 0.542. The maximum atomic E-state index is 12.0. The van der Waals surface area contributed by atoms with Crippen molar-refractivity contribution < 1.29 is 35.5 Å². The van der Waals surface area contributed by atoms with E-state index < -0.39 is 31.2 Å². The molecule has 0 radical (unpaired) electrons. The largest absolute Gasteiger partial charge is 0.429 e. The van der Waals surface area contributed by atoms with Gasteiger partial charge in [-0.2, -0.15) is 26.3 Å². The van der Waals surface area contributed by atoms with Crippen molar-refractivity contribution in [1.82, 2.24) is 0 Å². The number of halogens is 7. The fourth-order valence-corrected chi connectivity index (χ4v) is 0.679. The Kier molecular flexibility index (Phi) is 3.99. The lowest BCUT2D eigenvalue weighted by atomic mass is 10.1. The van der Waals surface area contributed by atoms with Crippen LogP contribution in [0.25, 0.3) is 0 Å². The topological polar surface area (TPSA) is 9.23 Å². The molecule has 0 unspecified atom stereocenters. The van der Waals surface area contributed by atoms with Crippen molar-refractivity contribution in [3.8, 4) is 12.3 Å². The third-order valence-corrected chi connectivity index (χ3v) is 1.51.